The summed E-state index contributed by atoms with van der Waals surface area (Å²) in [5.41, 5.74) is 1.26. The number of likely N-dealkylation sites (tertiary alicyclic amines) is 1. The van der Waals surface area contributed by atoms with Gasteiger partial charge in [0, 0.05) is 12.6 Å². The lowest BCUT2D eigenvalue weighted by atomic mass is 9.90. The van der Waals surface area contributed by atoms with E-state index in [0.717, 1.165) is 24.0 Å². The summed E-state index contributed by atoms with van der Waals surface area (Å²) >= 11 is 0. The van der Waals surface area contributed by atoms with Crippen molar-refractivity contribution in [3.05, 3.63) is 23.8 Å². The summed E-state index contributed by atoms with van der Waals surface area (Å²) in [6, 6.07) is 6.76. The van der Waals surface area contributed by atoms with E-state index in [2.05, 4.69) is 36.3 Å². The summed E-state index contributed by atoms with van der Waals surface area (Å²) in [6.07, 6.45) is 2.59. The highest BCUT2D eigenvalue weighted by Gasteiger charge is 2.22. The third-order valence-electron chi connectivity index (χ3n) is 4.54. The summed E-state index contributed by atoms with van der Waals surface area (Å²) in [5.74, 6) is 2.52. The SMILES string of the molecule is CC(NCc1ccc2c(c1)OCO2)C1CCN(C)CC1. The Morgan fingerprint density at radius 1 is 1.25 bits per heavy atom. The van der Waals surface area contributed by atoms with Gasteiger partial charge < -0.3 is 19.7 Å². The van der Waals surface area contributed by atoms with Gasteiger partial charge in [0.05, 0.1) is 0 Å². The molecule has 0 saturated carbocycles. The monoisotopic (exact) mass is 276 g/mol. The fourth-order valence-corrected chi connectivity index (χ4v) is 3.02. The summed E-state index contributed by atoms with van der Waals surface area (Å²) in [5, 5.41) is 3.66. The number of hydrogen-bond acceptors (Lipinski definition) is 4. The average Bonchev–Trinajstić information content (AvgIpc) is 2.93. The van der Waals surface area contributed by atoms with Crippen molar-refractivity contribution in [2.45, 2.75) is 32.4 Å². The summed E-state index contributed by atoms with van der Waals surface area (Å²) < 4.78 is 10.8. The Morgan fingerprint density at radius 2 is 2.00 bits per heavy atom. The molecule has 0 amide bonds. The molecular formula is C16H24N2O2. The molecule has 4 heteroatoms. The Bertz CT molecular complexity index is 456. The van der Waals surface area contributed by atoms with Crippen molar-refractivity contribution in [3.63, 3.8) is 0 Å². The Labute approximate surface area is 121 Å². The van der Waals surface area contributed by atoms with E-state index in [4.69, 9.17) is 9.47 Å². The van der Waals surface area contributed by atoms with Crippen molar-refractivity contribution in [1.29, 1.82) is 0 Å². The predicted molar refractivity (Wildman–Crippen MR) is 79.1 cm³/mol. The van der Waals surface area contributed by atoms with E-state index >= 15 is 0 Å². The van der Waals surface area contributed by atoms with Crippen LogP contribution >= 0.6 is 0 Å². The lowest BCUT2D eigenvalue weighted by molar-refractivity contribution is 0.174. The van der Waals surface area contributed by atoms with Gasteiger partial charge in [0.2, 0.25) is 6.79 Å². The van der Waals surface area contributed by atoms with Crippen molar-refractivity contribution in [1.82, 2.24) is 10.2 Å². The van der Waals surface area contributed by atoms with E-state index in [-0.39, 0.29) is 0 Å². The zero-order valence-corrected chi connectivity index (χ0v) is 12.4. The molecule has 1 N–H and O–H groups in total. The van der Waals surface area contributed by atoms with Crippen molar-refractivity contribution in [2.75, 3.05) is 26.9 Å². The highest BCUT2D eigenvalue weighted by molar-refractivity contribution is 5.44. The topological polar surface area (TPSA) is 33.7 Å². The molecule has 1 aromatic carbocycles. The molecule has 1 saturated heterocycles. The maximum Gasteiger partial charge on any atom is 0.231 e. The van der Waals surface area contributed by atoms with E-state index < -0.39 is 0 Å². The molecule has 3 rings (SSSR count). The molecule has 0 aromatic heterocycles. The number of rotatable bonds is 4. The van der Waals surface area contributed by atoms with Crippen LogP contribution in [0.3, 0.4) is 0 Å². The number of piperidine rings is 1. The first-order valence-corrected chi connectivity index (χ1v) is 7.53. The van der Waals surface area contributed by atoms with Crippen LogP contribution in [0.15, 0.2) is 18.2 Å². The van der Waals surface area contributed by atoms with Crippen LogP contribution in [-0.4, -0.2) is 37.9 Å². The Balaban J connectivity index is 1.51. The maximum atomic E-state index is 5.42. The number of nitrogens with zero attached hydrogens (tertiary/aromatic N) is 1. The molecule has 0 aliphatic carbocycles. The molecule has 2 aliphatic rings. The first-order chi connectivity index (χ1) is 9.72. The minimum Gasteiger partial charge on any atom is -0.454 e. The molecule has 20 heavy (non-hydrogen) atoms. The minimum atomic E-state index is 0.345. The number of nitrogens with one attached hydrogen (secondary N) is 1. The molecule has 1 unspecified atom stereocenters. The van der Waals surface area contributed by atoms with Crippen LogP contribution in [0.1, 0.15) is 25.3 Å². The normalized spacial score (nSPS) is 21.1. The molecule has 2 aliphatic heterocycles. The molecule has 110 valence electrons. The van der Waals surface area contributed by atoms with Gasteiger partial charge in [-0.05, 0) is 63.5 Å². The van der Waals surface area contributed by atoms with E-state index in [1.165, 1.54) is 31.5 Å². The van der Waals surface area contributed by atoms with E-state index in [9.17, 15) is 0 Å². The number of fused-ring (bicyclic) bond motifs is 1. The Kier molecular flexibility index (Phi) is 4.13. The van der Waals surface area contributed by atoms with Gasteiger partial charge in [-0.15, -0.1) is 0 Å². The fraction of sp³-hybridized carbons (Fsp3) is 0.625. The van der Waals surface area contributed by atoms with Crippen LogP contribution in [-0.2, 0) is 6.54 Å². The molecule has 0 spiro atoms. The summed E-state index contributed by atoms with van der Waals surface area (Å²) in [4.78, 5) is 2.42. The van der Waals surface area contributed by atoms with Crippen LogP contribution in [0.4, 0.5) is 0 Å². The highest BCUT2D eigenvalue weighted by atomic mass is 16.7. The van der Waals surface area contributed by atoms with E-state index in [1.807, 2.05) is 6.07 Å². The van der Waals surface area contributed by atoms with Crippen LogP contribution in [0.5, 0.6) is 11.5 Å². The molecular weight excluding hydrogens is 252 g/mol. The first-order valence-electron chi connectivity index (χ1n) is 7.53. The molecule has 4 nitrogen and oxygen atoms in total. The zero-order valence-electron chi connectivity index (χ0n) is 12.4. The summed E-state index contributed by atoms with van der Waals surface area (Å²) in [7, 11) is 2.21. The number of ether oxygens (including phenoxy) is 2. The second-order valence-electron chi connectivity index (χ2n) is 6.00. The lowest BCUT2D eigenvalue weighted by Crippen LogP contribution is -2.40. The largest absolute Gasteiger partial charge is 0.454 e. The number of benzene rings is 1. The van der Waals surface area contributed by atoms with Gasteiger partial charge >= 0.3 is 0 Å². The van der Waals surface area contributed by atoms with Crippen LogP contribution in [0, 0.1) is 5.92 Å². The molecule has 1 atom stereocenters. The van der Waals surface area contributed by atoms with E-state index in [0.29, 0.717) is 12.8 Å². The third kappa shape index (κ3) is 3.07. The zero-order chi connectivity index (χ0) is 13.9. The van der Waals surface area contributed by atoms with Crippen molar-refractivity contribution >= 4 is 0 Å². The molecule has 2 heterocycles. The Hall–Kier alpha value is -1.26. The van der Waals surface area contributed by atoms with Gasteiger partial charge in [0.25, 0.3) is 0 Å². The van der Waals surface area contributed by atoms with Crippen LogP contribution in [0.25, 0.3) is 0 Å². The van der Waals surface area contributed by atoms with Gasteiger partial charge in [0.1, 0.15) is 0 Å². The second-order valence-corrected chi connectivity index (χ2v) is 6.00. The summed E-state index contributed by atoms with van der Waals surface area (Å²) in [6.45, 7) is 5.99. The standard InChI is InChI=1S/C16H24N2O2/c1-12(14-5-7-18(2)8-6-14)17-10-13-3-4-15-16(9-13)20-11-19-15/h3-4,9,12,14,17H,5-8,10-11H2,1-2H3. The molecule has 1 aromatic rings. The van der Waals surface area contributed by atoms with Gasteiger partial charge in [-0.3, -0.25) is 0 Å². The van der Waals surface area contributed by atoms with Gasteiger partial charge in [-0.25, -0.2) is 0 Å². The van der Waals surface area contributed by atoms with Crippen molar-refractivity contribution in [3.8, 4) is 11.5 Å². The molecule has 0 radical (unpaired) electrons. The molecule has 1 fully saturated rings. The van der Waals surface area contributed by atoms with E-state index in [1.54, 1.807) is 0 Å². The average molecular weight is 276 g/mol. The van der Waals surface area contributed by atoms with Gasteiger partial charge in [0.15, 0.2) is 11.5 Å². The fourth-order valence-electron chi connectivity index (χ4n) is 3.02. The first kappa shape index (κ1) is 13.7. The van der Waals surface area contributed by atoms with Gasteiger partial charge in [-0.1, -0.05) is 6.07 Å². The van der Waals surface area contributed by atoms with Crippen molar-refractivity contribution < 1.29 is 9.47 Å². The second kappa shape index (κ2) is 6.02. The van der Waals surface area contributed by atoms with Crippen LogP contribution < -0.4 is 14.8 Å². The van der Waals surface area contributed by atoms with Crippen LogP contribution in [0.2, 0.25) is 0 Å². The quantitative estimate of drug-likeness (QED) is 0.914. The maximum absolute atomic E-state index is 5.42. The lowest BCUT2D eigenvalue weighted by Gasteiger charge is -2.33. The van der Waals surface area contributed by atoms with Gasteiger partial charge in [-0.2, -0.15) is 0 Å². The molecule has 0 bridgehead atoms. The third-order valence-corrected chi connectivity index (χ3v) is 4.54. The smallest absolute Gasteiger partial charge is 0.231 e. The predicted octanol–water partition coefficient (Wildman–Crippen LogP) is 2.24. The minimum absolute atomic E-state index is 0.345. The number of hydrogen-bond donors (Lipinski definition) is 1. The van der Waals surface area contributed by atoms with Crippen molar-refractivity contribution in [2.24, 2.45) is 5.92 Å². The highest BCUT2D eigenvalue weighted by Crippen LogP contribution is 2.32. The Morgan fingerprint density at radius 3 is 2.80 bits per heavy atom.